The summed E-state index contributed by atoms with van der Waals surface area (Å²) in [6.45, 7) is 10.4. The van der Waals surface area contributed by atoms with Crippen molar-refractivity contribution in [3.8, 4) is 6.07 Å². The Morgan fingerprint density at radius 1 is 1.22 bits per heavy atom. The smallest absolute Gasteiger partial charge is 0.235 e. The number of nitrogens with one attached hydrogen (secondary N) is 1. The third-order valence-electron chi connectivity index (χ3n) is 5.48. The van der Waals surface area contributed by atoms with Gasteiger partial charge in [-0.2, -0.15) is 5.26 Å². The van der Waals surface area contributed by atoms with E-state index in [1.807, 2.05) is 54.8 Å². The van der Waals surface area contributed by atoms with Crippen molar-refractivity contribution in [2.24, 2.45) is 5.92 Å². The number of carbonyl (C=O) groups is 2. The van der Waals surface area contributed by atoms with Crippen LogP contribution in [0.2, 0.25) is 0 Å². The molecule has 6 nitrogen and oxygen atoms in total. The molecule has 1 heterocycles. The second kappa shape index (κ2) is 9.01. The van der Waals surface area contributed by atoms with Gasteiger partial charge >= 0.3 is 0 Å². The Labute approximate surface area is 162 Å². The van der Waals surface area contributed by atoms with Gasteiger partial charge in [-0.05, 0) is 30.9 Å². The summed E-state index contributed by atoms with van der Waals surface area (Å²) in [5.41, 5.74) is 1.34. The lowest BCUT2D eigenvalue weighted by atomic mass is 9.90. The number of benzene rings is 1. The standard InChI is InChI=1S/C21H30N4O2/c1-16(2)21(4,15-22)23-19(26)14-24-9-11-25(12-10-24)20(27)13-18-8-6-5-7-17(18)3/h5-8,16H,9-14H2,1-4H3,(H,23,26)/t21-/m1/s1. The van der Waals surface area contributed by atoms with Crippen LogP contribution in [0, 0.1) is 24.2 Å². The molecule has 0 aliphatic carbocycles. The van der Waals surface area contributed by atoms with Crippen LogP contribution in [-0.4, -0.2) is 59.9 Å². The Hall–Kier alpha value is -2.39. The average molecular weight is 370 g/mol. The molecule has 1 aromatic carbocycles. The van der Waals surface area contributed by atoms with Gasteiger partial charge in [-0.1, -0.05) is 38.1 Å². The van der Waals surface area contributed by atoms with Gasteiger partial charge in [0.1, 0.15) is 5.54 Å². The van der Waals surface area contributed by atoms with E-state index in [9.17, 15) is 14.9 Å². The molecule has 0 bridgehead atoms. The van der Waals surface area contributed by atoms with Crippen LogP contribution in [0.25, 0.3) is 0 Å². The van der Waals surface area contributed by atoms with Gasteiger partial charge < -0.3 is 10.2 Å². The van der Waals surface area contributed by atoms with E-state index in [2.05, 4.69) is 11.4 Å². The van der Waals surface area contributed by atoms with Gasteiger partial charge in [0.05, 0.1) is 19.0 Å². The van der Waals surface area contributed by atoms with Gasteiger partial charge in [0.25, 0.3) is 0 Å². The number of piperazine rings is 1. The molecular formula is C21H30N4O2. The van der Waals surface area contributed by atoms with Crippen molar-refractivity contribution in [1.29, 1.82) is 5.26 Å². The van der Waals surface area contributed by atoms with Crippen molar-refractivity contribution in [2.75, 3.05) is 32.7 Å². The highest BCUT2D eigenvalue weighted by molar-refractivity contribution is 5.80. The summed E-state index contributed by atoms with van der Waals surface area (Å²) in [7, 11) is 0. The third-order valence-corrected chi connectivity index (χ3v) is 5.48. The highest BCUT2D eigenvalue weighted by Crippen LogP contribution is 2.15. The minimum Gasteiger partial charge on any atom is -0.340 e. The third kappa shape index (κ3) is 5.54. The molecule has 2 amide bonds. The Morgan fingerprint density at radius 3 is 2.41 bits per heavy atom. The predicted octanol–water partition coefficient (Wildman–Crippen LogP) is 1.74. The van der Waals surface area contributed by atoms with E-state index in [1.165, 1.54) is 0 Å². The van der Waals surface area contributed by atoms with Gasteiger partial charge in [0.15, 0.2) is 0 Å². The number of nitrogens with zero attached hydrogens (tertiary/aromatic N) is 3. The molecule has 2 rings (SSSR count). The Balaban J connectivity index is 1.81. The minimum absolute atomic E-state index is 0.0300. The lowest BCUT2D eigenvalue weighted by molar-refractivity contribution is -0.132. The molecule has 146 valence electrons. The molecule has 1 aliphatic rings. The molecule has 1 aliphatic heterocycles. The fourth-order valence-corrected chi connectivity index (χ4v) is 3.07. The van der Waals surface area contributed by atoms with Crippen LogP contribution in [0.4, 0.5) is 0 Å². The Bertz CT molecular complexity index is 717. The van der Waals surface area contributed by atoms with Crippen molar-refractivity contribution < 1.29 is 9.59 Å². The molecule has 1 atom stereocenters. The van der Waals surface area contributed by atoms with Crippen molar-refractivity contribution in [3.63, 3.8) is 0 Å². The first-order valence-electron chi connectivity index (χ1n) is 9.52. The van der Waals surface area contributed by atoms with Gasteiger partial charge in [-0.15, -0.1) is 0 Å². The van der Waals surface area contributed by atoms with E-state index in [4.69, 9.17) is 0 Å². The maximum atomic E-state index is 12.5. The highest BCUT2D eigenvalue weighted by atomic mass is 16.2. The Kier molecular flexibility index (Phi) is 6.98. The second-order valence-corrected chi connectivity index (χ2v) is 7.78. The largest absolute Gasteiger partial charge is 0.340 e. The van der Waals surface area contributed by atoms with E-state index in [-0.39, 0.29) is 24.3 Å². The monoisotopic (exact) mass is 370 g/mol. The summed E-state index contributed by atoms with van der Waals surface area (Å²) >= 11 is 0. The molecule has 27 heavy (non-hydrogen) atoms. The maximum absolute atomic E-state index is 12.5. The van der Waals surface area contributed by atoms with Gasteiger partial charge in [0, 0.05) is 26.2 Å². The summed E-state index contributed by atoms with van der Waals surface area (Å²) < 4.78 is 0. The molecule has 0 radical (unpaired) electrons. The van der Waals surface area contributed by atoms with E-state index in [1.54, 1.807) is 6.92 Å². The quantitative estimate of drug-likeness (QED) is 0.827. The van der Waals surface area contributed by atoms with Crippen molar-refractivity contribution in [2.45, 2.75) is 39.7 Å². The number of amides is 2. The summed E-state index contributed by atoms with van der Waals surface area (Å²) in [4.78, 5) is 28.7. The second-order valence-electron chi connectivity index (χ2n) is 7.78. The summed E-state index contributed by atoms with van der Waals surface area (Å²) in [5, 5.41) is 12.2. The predicted molar refractivity (Wildman–Crippen MR) is 105 cm³/mol. The average Bonchev–Trinajstić information content (AvgIpc) is 2.63. The van der Waals surface area contributed by atoms with E-state index in [0.29, 0.717) is 32.6 Å². The van der Waals surface area contributed by atoms with E-state index >= 15 is 0 Å². The summed E-state index contributed by atoms with van der Waals surface area (Å²) in [6, 6.07) is 10.1. The van der Waals surface area contributed by atoms with E-state index < -0.39 is 5.54 Å². The minimum atomic E-state index is -0.859. The zero-order valence-corrected chi connectivity index (χ0v) is 16.8. The van der Waals surface area contributed by atoms with Crippen LogP contribution in [0.15, 0.2) is 24.3 Å². The highest BCUT2D eigenvalue weighted by Gasteiger charge is 2.31. The number of hydrogen-bond donors (Lipinski definition) is 1. The lowest BCUT2D eigenvalue weighted by Gasteiger charge is -2.35. The van der Waals surface area contributed by atoms with Crippen LogP contribution >= 0.6 is 0 Å². The van der Waals surface area contributed by atoms with Gasteiger partial charge in [-0.3, -0.25) is 14.5 Å². The number of nitriles is 1. The number of carbonyl (C=O) groups excluding carboxylic acids is 2. The number of hydrogen-bond acceptors (Lipinski definition) is 4. The number of aryl methyl sites for hydroxylation is 1. The van der Waals surface area contributed by atoms with Crippen LogP contribution < -0.4 is 5.32 Å². The van der Waals surface area contributed by atoms with Crippen molar-refractivity contribution in [1.82, 2.24) is 15.1 Å². The molecule has 1 N–H and O–H groups in total. The fraction of sp³-hybridized carbons (Fsp3) is 0.571. The van der Waals surface area contributed by atoms with E-state index in [0.717, 1.165) is 11.1 Å². The molecule has 1 aromatic rings. The summed E-state index contributed by atoms with van der Waals surface area (Å²) in [6.07, 6.45) is 0.419. The maximum Gasteiger partial charge on any atom is 0.235 e. The van der Waals surface area contributed by atoms with Crippen LogP contribution in [-0.2, 0) is 16.0 Å². The SMILES string of the molecule is Cc1ccccc1CC(=O)N1CCN(CC(=O)N[C@](C)(C#N)C(C)C)CC1. The van der Waals surface area contributed by atoms with Crippen molar-refractivity contribution >= 4 is 11.8 Å². The first-order valence-corrected chi connectivity index (χ1v) is 9.52. The van der Waals surface area contributed by atoms with Crippen LogP contribution in [0.1, 0.15) is 31.9 Å². The van der Waals surface area contributed by atoms with Gasteiger partial charge in [0.2, 0.25) is 11.8 Å². The molecule has 1 saturated heterocycles. The number of rotatable bonds is 6. The normalized spacial score (nSPS) is 17.3. The molecule has 0 saturated carbocycles. The topological polar surface area (TPSA) is 76.4 Å². The lowest BCUT2D eigenvalue weighted by Crippen LogP contribution is -2.55. The van der Waals surface area contributed by atoms with Crippen LogP contribution in [0.5, 0.6) is 0 Å². The first-order chi connectivity index (χ1) is 12.7. The zero-order chi connectivity index (χ0) is 20.0. The Morgan fingerprint density at radius 2 is 1.85 bits per heavy atom. The van der Waals surface area contributed by atoms with Crippen molar-refractivity contribution in [3.05, 3.63) is 35.4 Å². The van der Waals surface area contributed by atoms with Gasteiger partial charge in [-0.25, -0.2) is 0 Å². The molecule has 0 unspecified atom stereocenters. The van der Waals surface area contributed by atoms with Crippen LogP contribution in [0.3, 0.4) is 0 Å². The zero-order valence-electron chi connectivity index (χ0n) is 16.8. The first kappa shape index (κ1) is 20.9. The molecular weight excluding hydrogens is 340 g/mol. The fourth-order valence-electron chi connectivity index (χ4n) is 3.07. The summed E-state index contributed by atoms with van der Waals surface area (Å²) in [5.74, 6) is 0.0139. The molecule has 0 spiro atoms. The molecule has 0 aromatic heterocycles. The molecule has 6 heteroatoms. The molecule has 1 fully saturated rings.